The van der Waals surface area contributed by atoms with Crippen LogP contribution >= 0.6 is 23.5 Å². The quantitative estimate of drug-likeness (QED) is 0.699. The Morgan fingerprint density at radius 2 is 2.04 bits per heavy atom. The summed E-state index contributed by atoms with van der Waals surface area (Å²) in [7, 11) is 0. The highest BCUT2D eigenvalue weighted by Crippen LogP contribution is 2.39. The Labute approximate surface area is 151 Å². The second-order valence-corrected chi connectivity index (χ2v) is 8.70. The first-order chi connectivity index (χ1) is 11.7. The number of hydrogen-bond donors (Lipinski definition) is 3. The van der Waals surface area contributed by atoms with Crippen LogP contribution in [0.15, 0.2) is 29.2 Å². The van der Waals surface area contributed by atoms with Crippen molar-refractivity contribution in [2.24, 2.45) is 0 Å². The summed E-state index contributed by atoms with van der Waals surface area (Å²) in [5.41, 5.74) is 0.884. The van der Waals surface area contributed by atoms with Gasteiger partial charge >= 0.3 is 6.03 Å². The van der Waals surface area contributed by atoms with Gasteiger partial charge in [-0.25, -0.2) is 4.79 Å². The van der Waals surface area contributed by atoms with Crippen LogP contribution < -0.4 is 16.0 Å². The van der Waals surface area contributed by atoms with Crippen molar-refractivity contribution in [2.75, 3.05) is 17.6 Å². The minimum atomic E-state index is -0.164. The van der Waals surface area contributed by atoms with Crippen molar-refractivity contribution < 1.29 is 9.59 Å². The van der Waals surface area contributed by atoms with E-state index in [2.05, 4.69) is 16.0 Å². The van der Waals surface area contributed by atoms with E-state index in [-0.39, 0.29) is 16.5 Å². The maximum Gasteiger partial charge on any atom is 0.315 e. The number of urea groups is 1. The van der Waals surface area contributed by atoms with Crippen molar-refractivity contribution in [1.29, 1.82) is 0 Å². The van der Waals surface area contributed by atoms with Crippen LogP contribution in [0.2, 0.25) is 0 Å². The Morgan fingerprint density at radius 3 is 2.88 bits per heavy atom. The SMILES string of the molecule is O=C(NCCSC1Sc2ccccc2NC1=O)NC1CCCCC1. The lowest BCUT2D eigenvalue weighted by molar-refractivity contribution is -0.114. The number of anilines is 1. The van der Waals surface area contributed by atoms with E-state index in [1.807, 2.05) is 24.3 Å². The largest absolute Gasteiger partial charge is 0.337 e. The molecule has 1 aliphatic carbocycles. The summed E-state index contributed by atoms with van der Waals surface area (Å²) < 4.78 is -0.164. The van der Waals surface area contributed by atoms with E-state index >= 15 is 0 Å². The molecule has 1 unspecified atom stereocenters. The molecule has 0 aromatic heterocycles. The Kier molecular flexibility index (Phi) is 6.31. The third kappa shape index (κ3) is 4.83. The fraction of sp³-hybridized carbons (Fsp3) is 0.529. The van der Waals surface area contributed by atoms with E-state index in [0.29, 0.717) is 18.3 Å². The summed E-state index contributed by atoms with van der Waals surface area (Å²) in [4.78, 5) is 25.1. The molecule has 5 nitrogen and oxygen atoms in total. The molecule has 2 aliphatic rings. The molecule has 7 heteroatoms. The Bertz CT molecular complexity index is 591. The number of benzene rings is 1. The molecule has 1 aromatic carbocycles. The number of para-hydroxylation sites is 1. The first kappa shape index (κ1) is 17.5. The van der Waals surface area contributed by atoms with E-state index in [1.165, 1.54) is 19.3 Å². The standard InChI is InChI=1S/C17H23N3O2S2/c21-15-16(24-14-9-5-4-8-13(14)20-15)23-11-10-18-17(22)19-12-6-2-1-3-7-12/h4-5,8-9,12,16H,1-3,6-7,10-11H2,(H,20,21)(H2,18,19,22). The molecule has 0 bridgehead atoms. The van der Waals surface area contributed by atoms with Crippen LogP contribution in [0.25, 0.3) is 0 Å². The van der Waals surface area contributed by atoms with Gasteiger partial charge in [-0.3, -0.25) is 4.79 Å². The Morgan fingerprint density at radius 1 is 1.25 bits per heavy atom. The molecule has 1 fully saturated rings. The first-order valence-corrected chi connectivity index (χ1v) is 10.4. The molecule has 0 saturated heterocycles. The highest BCUT2D eigenvalue weighted by Gasteiger charge is 2.26. The highest BCUT2D eigenvalue weighted by molar-refractivity contribution is 8.18. The molecular formula is C17H23N3O2S2. The zero-order valence-corrected chi connectivity index (χ0v) is 15.2. The number of hydrogen-bond acceptors (Lipinski definition) is 4. The maximum atomic E-state index is 12.1. The molecule has 24 heavy (non-hydrogen) atoms. The van der Waals surface area contributed by atoms with Crippen LogP contribution in [0.1, 0.15) is 32.1 Å². The van der Waals surface area contributed by atoms with Crippen LogP contribution in [0.5, 0.6) is 0 Å². The van der Waals surface area contributed by atoms with Crippen molar-refractivity contribution >= 4 is 41.1 Å². The Balaban J connectivity index is 1.36. The molecule has 3 amide bonds. The van der Waals surface area contributed by atoms with Gasteiger partial charge in [0.05, 0.1) is 5.69 Å². The topological polar surface area (TPSA) is 70.2 Å². The van der Waals surface area contributed by atoms with Crippen molar-refractivity contribution in [3.05, 3.63) is 24.3 Å². The van der Waals surface area contributed by atoms with E-state index in [1.54, 1.807) is 23.5 Å². The summed E-state index contributed by atoms with van der Waals surface area (Å²) in [5.74, 6) is 0.737. The van der Waals surface area contributed by atoms with Gasteiger partial charge in [-0.1, -0.05) is 43.2 Å². The molecule has 1 saturated carbocycles. The lowest BCUT2D eigenvalue weighted by atomic mass is 9.96. The van der Waals surface area contributed by atoms with Crippen LogP contribution in [-0.4, -0.2) is 34.9 Å². The van der Waals surface area contributed by atoms with Gasteiger partial charge in [-0.2, -0.15) is 0 Å². The fourth-order valence-corrected chi connectivity index (χ4v) is 5.27. The van der Waals surface area contributed by atoms with E-state index in [0.717, 1.165) is 23.4 Å². The third-order valence-corrected chi connectivity index (χ3v) is 6.88. The molecule has 1 heterocycles. The van der Waals surface area contributed by atoms with Gasteiger partial charge in [-0.05, 0) is 25.0 Å². The average molecular weight is 366 g/mol. The maximum absolute atomic E-state index is 12.1. The second kappa shape index (κ2) is 8.67. The van der Waals surface area contributed by atoms with Crippen LogP contribution in [-0.2, 0) is 4.79 Å². The highest BCUT2D eigenvalue weighted by atomic mass is 32.2. The predicted molar refractivity (Wildman–Crippen MR) is 101 cm³/mol. The molecule has 0 spiro atoms. The fourth-order valence-electron chi connectivity index (χ4n) is 2.96. The van der Waals surface area contributed by atoms with Gasteiger partial charge in [0.15, 0.2) is 0 Å². The average Bonchev–Trinajstić information content (AvgIpc) is 2.60. The molecule has 130 valence electrons. The molecule has 1 aromatic rings. The lowest BCUT2D eigenvalue weighted by Gasteiger charge is -2.24. The summed E-state index contributed by atoms with van der Waals surface area (Å²) in [5, 5.41) is 8.86. The summed E-state index contributed by atoms with van der Waals surface area (Å²) in [6.07, 6.45) is 5.86. The van der Waals surface area contributed by atoms with Crippen LogP contribution in [0.4, 0.5) is 10.5 Å². The zero-order chi connectivity index (χ0) is 16.8. The third-order valence-electron chi connectivity index (χ3n) is 4.19. The molecule has 1 atom stereocenters. The second-order valence-electron chi connectivity index (χ2n) is 6.04. The summed E-state index contributed by atoms with van der Waals surface area (Å²) >= 11 is 3.14. The molecule has 3 rings (SSSR count). The van der Waals surface area contributed by atoms with Crippen LogP contribution in [0, 0.1) is 0 Å². The number of carbonyl (C=O) groups is 2. The summed E-state index contributed by atoms with van der Waals surface area (Å²) in [6, 6.07) is 8.06. The molecule has 0 radical (unpaired) electrons. The van der Waals surface area contributed by atoms with Gasteiger partial charge < -0.3 is 16.0 Å². The van der Waals surface area contributed by atoms with E-state index in [4.69, 9.17) is 0 Å². The van der Waals surface area contributed by atoms with Gasteiger partial charge in [0, 0.05) is 23.2 Å². The smallest absolute Gasteiger partial charge is 0.315 e. The molecule has 3 N–H and O–H groups in total. The minimum Gasteiger partial charge on any atom is -0.337 e. The lowest BCUT2D eigenvalue weighted by Crippen LogP contribution is -2.43. The number of thioether (sulfide) groups is 2. The van der Waals surface area contributed by atoms with E-state index in [9.17, 15) is 9.59 Å². The minimum absolute atomic E-state index is 0.0235. The molecular weight excluding hydrogens is 342 g/mol. The monoisotopic (exact) mass is 365 g/mol. The summed E-state index contributed by atoms with van der Waals surface area (Å²) in [6.45, 7) is 0.565. The Hall–Kier alpha value is -1.34. The number of amides is 3. The number of fused-ring (bicyclic) bond motifs is 1. The van der Waals surface area contributed by atoms with E-state index < -0.39 is 0 Å². The van der Waals surface area contributed by atoms with Crippen molar-refractivity contribution in [2.45, 2.75) is 47.6 Å². The number of carbonyl (C=O) groups excluding carboxylic acids is 2. The number of rotatable bonds is 5. The van der Waals surface area contributed by atoms with Gasteiger partial charge in [0.1, 0.15) is 4.58 Å². The zero-order valence-electron chi connectivity index (χ0n) is 13.5. The van der Waals surface area contributed by atoms with Gasteiger partial charge in [0.2, 0.25) is 5.91 Å². The van der Waals surface area contributed by atoms with Crippen molar-refractivity contribution in [3.8, 4) is 0 Å². The van der Waals surface area contributed by atoms with Crippen LogP contribution in [0.3, 0.4) is 0 Å². The van der Waals surface area contributed by atoms with Crippen molar-refractivity contribution in [3.63, 3.8) is 0 Å². The van der Waals surface area contributed by atoms with Gasteiger partial charge in [-0.15, -0.1) is 11.8 Å². The number of nitrogens with one attached hydrogen (secondary N) is 3. The first-order valence-electron chi connectivity index (χ1n) is 8.45. The molecule has 1 aliphatic heterocycles. The normalized spacial score (nSPS) is 20.8. The van der Waals surface area contributed by atoms with Gasteiger partial charge in [0.25, 0.3) is 0 Å². The van der Waals surface area contributed by atoms with Crippen molar-refractivity contribution in [1.82, 2.24) is 10.6 Å². The predicted octanol–water partition coefficient (Wildman–Crippen LogP) is 3.42.